The van der Waals surface area contributed by atoms with Crippen LogP contribution in [-0.2, 0) is 4.74 Å². The number of morpholine rings is 1. The molecule has 0 amide bonds. The molecule has 28 heavy (non-hydrogen) atoms. The van der Waals surface area contributed by atoms with Gasteiger partial charge in [0.15, 0.2) is 5.11 Å². The van der Waals surface area contributed by atoms with Crippen LogP contribution in [0.4, 0.5) is 5.95 Å². The Morgan fingerprint density at radius 2 is 1.93 bits per heavy atom. The van der Waals surface area contributed by atoms with Crippen molar-refractivity contribution in [3.63, 3.8) is 0 Å². The lowest BCUT2D eigenvalue weighted by atomic mass is 10.2. The number of thiocarbonyl (C=S) groups is 1. The number of nitrogens with zero attached hydrogens (tertiary/aromatic N) is 4. The number of aryl methyl sites for hydroxylation is 2. The molecule has 0 saturated carbocycles. The molecule has 1 fully saturated rings. The second-order valence-corrected chi connectivity index (χ2v) is 7.78. The molecule has 0 radical (unpaired) electrons. The first-order chi connectivity index (χ1) is 13.4. The highest BCUT2D eigenvalue weighted by molar-refractivity contribution is 7.80. The van der Waals surface area contributed by atoms with Crippen LogP contribution in [-0.4, -0.2) is 71.9 Å². The van der Waals surface area contributed by atoms with Crippen LogP contribution in [0.15, 0.2) is 11.1 Å². The van der Waals surface area contributed by atoms with Gasteiger partial charge in [0.1, 0.15) is 0 Å². The van der Waals surface area contributed by atoms with Crippen LogP contribution < -0.4 is 16.0 Å². The monoisotopic (exact) mass is 407 g/mol. The first-order valence-corrected chi connectivity index (χ1v) is 10.3. The molecular weight excluding hydrogens is 374 g/mol. The fourth-order valence-corrected chi connectivity index (χ4v) is 2.95. The van der Waals surface area contributed by atoms with Crippen LogP contribution in [0.25, 0.3) is 0 Å². The molecule has 1 aliphatic heterocycles. The van der Waals surface area contributed by atoms with Gasteiger partial charge in [-0.05, 0) is 51.0 Å². The first-order valence-electron chi connectivity index (χ1n) is 9.91. The van der Waals surface area contributed by atoms with Crippen molar-refractivity contribution in [3.8, 4) is 0 Å². The number of aromatic nitrogens is 2. The highest BCUT2D eigenvalue weighted by Crippen LogP contribution is 2.04. The zero-order chi connectivity index (χ0) is 20.4. The number of guanidine groups is 1. The summed E-state index contributed by atoms with van der Waals surface area (Å²) in [6.45, 7) is 14.3. The van der Waals surface area contributed by atoms with E-state index in [0.29, 0.717) is 29.5 Å². The lowest BCUT2D eigenvalue weighted by molar-refractivity contribution is 0.0376. The molecule has 2 rings (SSSR count). The number of hydrogen-bond donors (Lipinski definition) is 3. The molecule has 0 aromatic carbocycles. The van der Waals surface area contributed by atoms with Gasteiger partial charge in [-0.25, -0.2) is 9.97 Å². The Labute approximate surface area is 173 Å². The first kappa shape index (κ1) is 22.4. The van der Waals surface area contributed by atoms with E-state index in [4.69, 9.17) is 17.0 Å². The number of nitrogens with one attached hydrogen (secondary N) is 3. The van der Waals surface area contributed by atoms with Crippen molar-refractivity contribution in [1.82, 2.24) is 25.5 Å². The van der Waals surface area contributed by atoms with Gasteiger partial charge in [-0.3, -0.25) is 15.2 Å². The Morgan fingerprint density at radius 3 is 2.57 bits per heavy atom. The Morgan fingerprint density at radius 1 is 1.25 bits per heavy atom. The average Bonchev–Trinajstić information content (AvgIpc) is 2.63. The molecular formula is C19H33N7OS. The SMILES string of the molecule is Cc1cc(C)nc(NC(=NCC(C)C)NC(=S)NCCCN2CCOCC2)n1. The normalized spacial score (nSPS) is 15.5. The highest BCUT2D eigenvalue weighted by atomic mass is 32.1. The minimum Gasteiger partial charge on any atom is -0.379 e. The van der Waals surface area contributed by atoms with Gasteiger partial charge in [0, 0.05) is 37.6 Å². The maximum absolute atomic E-state index is 5.43. The van der Waals surface area contributed by atoms with E-state index in [1.807, 2.05) is 19.9 Å². The van der Waals surface area contributed by atoms with Crippen LogP contribution in [0.2, 0.25) is 0 Å². The molecule has 3 N–H and O–H groups in total. The maximum Gasteiger partial charge on any atom is 0.229 e. The topological polar surface area (TPSA) is 86.7 Å². The lowest BCUT2D eigenvalue weighted by Gasteiger charge is -2.26. The zero-order valence-corrected chi connectivity index (χ0v) is 18.2. The largest absolute Gasteiger partial charge is 0.379 e. The molecule has 0 aliphatic carbocycles. The van der Waals surface area contributed by atoms with Crippen LogP contribution in [0.5, 0.6) is 0 Å². The van der Waals surface area contributed by atoms with Gasteiger partial charge in [0.05, 0.1) is 13.2 Å². The van der Waals surface area contributed by atoms with Crippen molar-refractivity contribution >= 4 is 29.2 Å². The van der Waals surface area contributed by atoms with E-state index in [1.54, 1.807) is 0 Å². The van der Waals surface area contributed by atoms with E-state index >= 15 is 0 Å². The van der Waals surface area contributed by atoms with Crippen molar-refractivity contribution in [1.29, 1.82) is 0 Å². The van der Waals surface area contributed by atoms with Crippen molar-refractivity contribution < 1.29 is 4.74 Å². The third kappa shape index (κ3) is 8.90. The van der Waals surface area contributed by atoms with Crippen LogP contribution in [0.1, 0.15) is 31.7 Å². The number of aliphatic imine (C=N–C) groups is 1. The minimum absolute atomic E-state index is 0.439. The summed E-state index contributed by atoms with van der Waals surface area (Å²) in [6, 6.07) is 1.93. The Bertz CT molecular complexity index is 639. The van der Waals surface area contributed by atoms with Crippen molar-refractivity contribution in [3.05, 3.63) is 17.5 Å². The Kier molecular flexibility index (Phi) is 9.52. The fraction of sp³-hybridized carbons (Fsp3) is 0.684. The van der Waals surface area contributed by atoms with E-state index < -0.39 is 0 Å². The molecule has 8 nitrogen and oxygen atoms in total. The van der Waals surface area contributed by atoms with Crippen LogP contribution in [0, 0.1) is 19.8 Å². The molecule has 9 heteroatoms. The number of anilines is 1. The predicted molar refractivity (Wildman–Crippen MR) is 118 cm³/mol. The standard InChI is InChI=1S/C19H33N7OS/c1-14(2)13-21-17(24-18-22-15(3)12-16(4)23-18)25-19(28)20-6-5-7-26-8-10-27-11-9-26/h12,14H,5-11,13H2,1-4H3,(H3,20,21,22,23,24,25,28). The van der Waals surface area contributed by atoms with Crippen molar-refractivity contribution in [2.24, 2.45) is 10.9 Å². The summed E-state index contributed by atoms with van der Waals surface area (Å²) in [5.41, 5.74) is 1.81. The summed E-state index contributed by atoms with van der Waals surface area (Å²) in [6.07, 6.45) is 1.02. The summed E-state index contributed by atoms with van der Waals surface area (Å²) in [5, 5.41) is 10.1. The van der Waals surface area contributed by atoms with Gasteiger partial charge < -0.3 is 15.4 Å². The molecule has 0 bridgehead atoms. The molecule has 1 aromatic heterocycles. The van der Waals surface area contributed by atoms with E-state index in [1.165, 1.54) is 0 Å². The van der Waals surface area contributed by atoms with E-state index in [9.17, 15) is 0 Å². The Hall–Kier alpha value is -1.84. The van der Waals surface area contributed by atoms with E-state index in [2.05, 4.69) is 49.7 Å². The summed E-state index contributed by atoms with van der Waals surface area (Å²) in [5.74, 6) is 1.51. The predicted octanol–water partition coefficient (Wildman–Crippen LogP) is 1.70. The van der Waals surface area contributed by atoms with Crippen molar-refractivity contribution in [2.75, 3.05) is 51.3 Å². The zero-order valence-electron chi connectivity index (χ0n) is 17.4. The maximum atomic E-state index is 5.43. The number of ether oxygens (including phenoxy) is 1. The van der Waals surface area contributed by atoms with Crippen molar-refractivity contribution in [2.45, 2.75) is 34.1 Å². The molecule has 1 saturated heterocycles. The molecule has 1 aromatic rings. The third-order valence-corrected chi connectivity index (χ3v) is 4.35. The summed E-state index contributed by atoms with van der Waals surface area (Å²) >= 11 is 5.43. The summed E-state index contributed by atoms with van der Waals surface area (Å²) in [7, 11) is 0. The quantitative estimate of drug-likeness (QED) is 0.273. The highest BCUT2D eigenvalue weighted by Gasteiger charge is 2.10. The van der Waals surface area contributed by atoms with Gasteiger partial charge in [-0.15, -0.1) is 0 Å². The fourth-order valence-electron chi connectivity index (χ4n) is 2.75. The van der Waals surface area contributed by atoms with Gasteiger partial charge in [0.2, 0.25) is 11.9 Å². The molecule has 1 aliphatic rings. The molecule has 2 heterocycles. The van der Waals surface area contributed by atoms with E-state index in [0.717, 1.165) is 57.2 Å². The van der Waals surface area contributed by atoms with Gasteiger partial charge in [-0.1, -0.05) is 13.8 Å². The van der Waals surface area contributed by atoms with Gasteiger partial charge in [-0.2, -0.15) is 0 Å². The molecule has 156 valence electrons. The molecule has 0 unspecified atom stereocenters. The summed E-state index contributed by atoms with van der Waals surface area (Å²) < 4.78 is 5.37. The summed E-state index contributed by atoms with van der Waals surface area (Å²) in [4.78, 5) is 15.8. The lowest BCUT2D eigenvalue weighted by Crippen LogP contribution is -2.44. The molecule has 0 spiro atoms. The number of rotatable bonds is 7. The second-order valence-electron chi connectivity index (χ2n) is 7.37. The van der Waals surface area contributed by atoms with Crippen LogP contribution >= 0.6 is 12.2 Å². The van der Waals surface area contributed by atoms with Gasteiger partial charge >= 0.3 is 0 Å². The average molecular weight is 408 g/mol. The van der Waals surface area contributed by atoms with E-state index in [-0.39, 0.29) is 0 Å². The van der Waals surface area contributed by atoms with Crippen LogP contribution in [0.3, 0.4) is 0 Å². The third-order valence-electron chi connectivity index (χ3n) is 4.10. The minimum atomic E-state index is 0.439. The molecule has 0 atom stereocenters. The number of hydrogen-bond acceptors (Lipinski definition) is 6. The van der Waals surface area contributed by atoms with Gasteiger partial charge in [0.25, 0.3) is 0 Å². The second kappa shape index (κ2) is 11.9. The Balaban J connectivity index is 1.83. The smallest absolute Gasteiger partial charge is 0.229 e.